The Kier molecular flexibility index (Phi) is 7.01. The molecule has 1 N–H and O–H groups in total. The number of hydrogen-bond donors (Lipinski definition) is 1. The third kappa shape index (κ3) is 4.81. The van der Waals surface area contributed by atoms with Gasteiger partial charge in [-0.2, -0.15) is 0 Å². The lowest BCUT2D eigenvalue weighted by Crippen LogP contribution is -2.29. The number of hydrogen-bond acceptors (Lipinski definition) is 3. The van der Waals surface area contributed by atoms with Gasteiger partial charge in [-0.25, -0.2) is 13.8 Å². The lowest BCUT2D eigenvalue weighted by molar-refractivity contribution is 0.0124. The van der Waals surface area contributed by atoms with E-state index in [1.165, 1.54) is 17.2 Å². The molecule has 0 aliphatic rings. The van der Waals surface area contributed by atoms with Gasteiger partial charge in [0.2, 0.25) is 0 Å². The summed E-state index contributed by atoms with van der Waals surface area (Å²) in [6.07, 6.45) is -0.744. The van der Waals surface area contributed by atoms with E-state index in [1.807, 2.05) is 32.9 Å². The van der Waals surface area contributed by atoms with Gasteiger partial charge in [0.15, 0.2) is 11.6 Å². The Morgan fingerprint density at radius 1 is 1.16 bits per heavy atom. The monoisotopic (exact) mass is 481 g/mol. The smallest absolute Gasteiger partial charge is 0.186 e. The zero-order valence-corrected chi connectivity index (χ0v) is 17.0. The van der Waals surface area contributed by atoms with Crippen molar-refractivity contribution in [3.05, 3.63) is 56.1 Å². The highest BCUT2D eigenvalue weighted by atomic mass is 127. The first-order valence-electron chi connectivity index (χ1n) is 7.73. The fraction of sp³-hybridized carbons (Fsp3) is 0.333. The second-order valence-corrected chi connectivity index (χ2v) is 7.68. The molecular formula is C18H19ClF2INO2. The number of benzene rings is 2. The second kappa shape index (κ2) is 8.62. The zero-order valence-electron chi connectivity index (χ0n) is 14.1. The number of aryl methyl sites for hydroxylation is 1. The van der Waals surface area contributed by atoms with Crippen LogP contribution in [0.4, 0.5) is 20.2 Å². The first-order chi connectivity index (χ1) is 11.7. The van der Waals surface area contributed by atoms with Crippen LogP contribution >= 0.6 is 34.2 Å². The molecular weight excluding hydrogens is 463 g/mol. The summed E-state index contributed by atoms with van der Waals surface area (Å²) in [6, 6.07) is 8.11. The average molecular weight is 482 g/mol. The molecule has 1 unspecified atom stereocenters. The van der Waals surface area contributed by atoms with Gasteiger partial charge in [-0.05, 0) is 71.3 Å². The highest BCUT2D eigenvalue weighted by molar-refractivity contribution is 14.1. The number of anilines is 2. The largest absolute Gasteiger partial charge is 0.390 e. The van der Waals surface area contributed by atoms with Crippen molar-refractivity contribution in [2.24, 2.45) is 5.92 Å². The third-order valence-electron chi connectivity index (χ3n) is 3.76. The standard InChI is InChI=1S/C18H19ClF2INO2/c1-10(2)16(24)9-25-23(14-6-4-12(22)8-11(14)3)15-7-5-13(19)17(20)18(15)21/h4-8,10,16,24H,9H2,1-3H3. The summed E-state index contributed by atoms with van der Waals surface area (Å²) in [5.41, 5.74) is 1.26. The molecule has 2 aromatic rings. The summed E-state index contributed by atoms with van der Waals surface area (Å²) in [4.78, 5) is 5.66. The maximum atomic E-state index is 14.4. The van der Waals surface area contributed by atoms with Crippen LogP contribution in [0.2, 0.25) is 5.02 Å². The minimum absolute atomic E-state index is 0.0357. The molecule has 0 saturated heterocycles. The van der Waals surface area contributed by atoms with E-state index in [9.17, 15) is 13.9 Å². The highest BCUT2D eigenvalue weighted by Gasteiger charge is 2.23. The lowest BCUT2D eigenvalue weighted by atomic mass is 10.1. The molecule has 0 spiro atoms. The molecule has 0 radical (unpaired) electrons. The Labute approximate surface area is 164 Å². The van der Waals surface area contributed by atoms with Crippen LogP contribution < -0.4 is 5.06 Å². The summed E-state index contributed by atoms with van der Waals surface area (Å²) in [7, 11) is 0. The van der Waals surface area contributed by atoms with Crippen molar-refractivity contribution in [3.8, 4) is 0 Å². The Morgan fingerprint density at radius 3 is 2.40 bits per heavy atom. The fourth-order valence-corrected chi connectivity index (χ4v) is 2.92. The van der Waals surface area contributed by atoms with E-state index in [0.717, 1.165) is 9.13 Å². The van der Waals surface area contributed by atoms with Crippen LogP contribution in [0.1, 0.15) is 19.4 Å². The van der Waals surface area contributed by atoms with Gasteiger partial charge >= 0.3 is 0 Å². The minimum Gasteiger partial charge on any atom is -0.390 e. The van der Waals surface area contributed by atoms with Crippen LogP contribution in [-0.2, 0) is 4.84 Å². The maximum Gasteiger partial charge on any atom is 0.186 e. The van der Waals surface area contributed by atoms with Crippen LogP contribution in [0, 0.1) is 28.0 Å². The first-order valence-corrected chi connectivity index (χ1v) is 9.18. The van der Waals surface area contributed by atoms with Crippen LogP contribution in [-0.4, -0.2) is 17.8 Å². The van der Waals surface area contributed by atoms with Crippen LogP contribution in [0.5, 0.6) is 0 Å². The molecule has 2 rings (SSSR count). The number of aliphatic hydroxyl groups excluding tert-OH is 1. The molecule has 0 aliphatic carbocycles. The fourth-order valence-electron chi connectivity index (χ4n) is 2.13. The Morgan fingerprint density at radius 2 is 1.80 bits per heavy atom. The summed E-state index contributed by atoms with van der Waals surface area (Å²) in [5, 5.41) is 10.9. The first kappa shape index (κ1) is 20.4. The Bertz CT molecular complexity index is 758. The summed E-state index contributed by atoms with van der Waals surface area (Å²) < 4.78 is 29.4. The van der Waals surface area contributed by atoms with Crippen molar-refractivity contribution in [2.75, 3.05) is 11.7 Å². The van der Waals surface area contributed by atoms with Crippen LogP contribution in [0.3, 0.4) is 0 Å². The SMILES string of the molecule is Cc1cc(I)ccc1N(OCC(O)C(C)C)c1ccc(Cl)c(F)c1F. The summed E-state index contributed by atoms with van der Waals surface area (Å²) in [5.74, 6) is -2.28. The van der Waals surface area contributed by atoms with E-state index in [0.29, 0.717) is 5.69 Å². The zero-order chi connectivity index (χ0) is 18.7. The maximum absolute atomic E-state index is 14.4. The van der Waals surface area contributed by atoms with Crippen molar-refractivity contribution in [3.63, 3.8) is 0 Å². The van der Waals surface area contributed by atoms with E-state index in [2.05, 4.69) is 22.6 Å². The molecule has 1 atom stereocenters. The number of aliphatic hydroxyl groups is 1. The van der Waals surface area contributed by atoms with Crippen molar-refractivity contribution < 1.29 is 18.7 Å². The Balaban J connectivity index is 2.47. The molecule has 136 valence electrons. The molecule has 3 nitrogen and oxygen atoms in total. The number of nitrogens with zero attached hydrogens (tertiary/aromatic N) is 1. The summed E-state index contributed by atoms with van der Waals surface area (Å²) >= 11 is 7.81. The molecule has 2 aromatic carbocycles. The molecule has 0 fully saturated rings. The molecule has 0 bridgehead atoms. The number of halogens is 4. The second-order valence-electron chi connectivity index (χ2n) is 6.03. The normalized spacial score (nSPS) is 12.5. The molecule has 25 heavy (non-hydrogen) atoms. The Hall–Kier alpha value is -0.960. The van der Waals surface area contributed by atoms with Crippen molar-refractivity contribution in [2.45, 2.75) is 26.9 Å². The van der Waals surface area contributed by atoms with Crippen LogP contribution in [0.15, 0.2) is 30.3 Å². The van der Waals surface area contributed by atoms with Gasteiger partial charge in [0.1, 0.15) is 12.3 Å². The highest BCUT2D eigenvalue weighted by Crippen LogP contribution is 2.34. The third-order valence-corrected chi connectivity index (χ3v) is 4.72. The van der Waals surface area contributed by atoms with Gasteiger partial charge in [0, 0.05) is 3.57 Å². The molecule has 0 aromatic heterocycles. The van der Waals surface area contributed by atoms with E-state index >= 15 is 0 Å². The van der Waals surface area contributed by atoms with Gasteiger partial charge in [-0.3, -0.25) is 4.84 Å². The summed E-state index contributed by atoms with van der Waals surface area (Å²) in [6.45, 7) is 5.47. The van der Waals surface area contributed by atoms with E-state index < -0.39 is 17.7 Å². The van der Waals surface area contributed by atoms with Gasteiger partial charge in [-0.15, -0.1) is 0 Å². The molecule has 0 saturated carbocycles. The van der Waals surface area contributed by atoms with Gasteiger partial charge in [-0.1, -0.05) is 25.4 Å². The minimum atomic E-state index is -1.14. The van der Waals surface area contributed by atoms with Gasteiger partial charge < -0.3 is 5.11 Å². The average Bonchev–Trinajstić information content (AvgIpc) is 2.55. The van der Waals surface area contributed by atoms with Crippen molar-refractivity contribution >= 4 is 45.6 Å². The van der Waals surface area contributed by atoms with Gasteiger partial charge in [0.05, 0.1) is 16.8 Å². The molecule has 0 amide bonds. The van der Waals surface area contributed by atoms with E-state index in [1.54, 1.807) is 6.07 Å². The van der Waals surface area contributed by atoms with Crippen molar-refractivity contribution in [1.29, 1.82) is 0 Å². The van der Waals surface area contributed by atoms with Crippen molar-refractivity contribution in [1.82, 2.24) is 0 Å². The van der Waals surface area contributed by atoms with Gasteiger partial charge in [0.25, 0.3) is 0 Å². The van der Waals surface area contributed by atoms with E-state index in [4.69, 9.17) is 16.4 Å². The molecule has 0 heterocycles. The predicted octanol–water partition coefficient (Wildman–Crippen LogP) is 5.62. The lowest BCUT2D eigenvalue weighted by Gasteiger charge is -2.28. The quantitative estimate of drug-likeness (QED) is 0.330. The topological polar surface area (TPSA) is 32.7 Å². The predicted molar refractivity (Wildman–Crippen MR) is 104 cm³/mol. The molecule has 0 aliphatic heterocycles. The molecule has 7 heteroatoms. The number of rotatable bonds is 6. The van der Waals surface area contributed by atoms with E-state index in [-0.39, 0.29) is 23.2 Å². The van der Waals surface area contributed by atoms with Crippen LogP contribution in [0.25, 0.3) is 0 Å².